The van der Waals surface area contributed by atoms with E-state index in [2.05, 4.69) is 69.3 Å². The minimum atomic E-state index is 0. The summed E-state index contributed by atoms with van der Waals surface area (Å²) in [5.41, 5.74) is 5.37. The van der Waals surface area contributed by atoms with Crippen LogP contribution < -0.4 is 15.4 Å². The number of ether oxygens (including phenoxy) is 1. The zero-order valence-corrected chi connectivity index (χ0v) is 20.0. The summed E-state index contributed by atoms with van der Waals surface area (Å²) in [6.45, 7) is 9.45. The van der Waals surface area contributed by atoms with Crippen LogP contribution in [0.1, 0.15) is 36.4 Å². The number of nitrogens with one attached hydrogen (secondary N) is 2. The molecule has 0 atom stereocenters. The molecule has 156 valence electrons. The van der Waals surface area contributed by atoms with Gasteiger partial charge in [0.25, 0.3) is 0 Å². The number of hydrogen-bond donors (Lipinski definition) is 2. The van der Waals surface area contributed by atoms with E-state index in [4.69, 9.17) is 4.74 Å². The van der Waals surface area contributed by atoms with Gasteiger partial charge >= 0.3 is 0 Å². The van der Waals surface area contributed by atoms with Gasteiger partial charge in [-0.05, 0) is 51.5 Å². The molecule has 3 rings (SSSR count). The molecule has 2 aromatic heterocycles. The van der Waals surface area contributed by atoms with Crippen LogP contribution in [0.25, 0.3) is 5.65 Å². The second-order valence-electron chi connectivity index (χ2n) is 7.18. The quantitative estimate of drug-likeness (QED) is 0.298. The molecular weight excluding hydrogens is 477 g/mol. The molecule has 0 aliphatic rings. The molecule has 0 aliphatic carbocycles. The van der Waals surface area contributed by atoms with Gasteiger partial charge < -0.3 is 19.8 Å². The van der Waals surface area contributed by atoms with Crippen molar-refractivity contribution >= 4 is 35.6 Å². The van der Waals surface area contributed by atoms with Crippen LogP contribution in [0.15, 0.2) is 47.6 Å². The van der Waals surface area contributed by atoms with E-state index in [0.717, 1.165) is 34.3 Å². The molecule has 2 heterocycles. The molecule has 0 spiro atoms. The van der Waals surface area contributed by atoms with Gasteiger partial charge in [0.1, 0.15) is 11.4 Å². The highest BCUT2D eigenvalue weighted by molar-refractivity contribution is 14.0. The Labute approximate surface area is 189 Å². The van der Waals surface area contributed by atoms with Crippen LogP contribution in [0.3, 0.4) is 0 Å². The van der Waals surface area contributed by atoms with Crippen LogP contribution in [-0.2, 0) is 13.1 Å². The summed E-state index contributed by atoms with van der Waals surface area (Å²) in [6.07, 6.45) is 2.19. The fraction of sp³-hybridized carbons (Fsp3) is 0.364. The first kappa shape index (κ1) is 23.0. The average Bonchev–Trinajstić information content (AvgIpc) is 3.07. The van der Waals surface area contributed by atoms with Gasteiger partial charge in [-0.25, -0.2) is 4.98 Å². The lowest BCUT2D eigenvalue weighted by Crippen LogP contribution is -2.36. The molecule has 0 bridgehead atoms. The summed E-state index contributed by atoms with van der Waals surface area (Å²) in [4.78, 5) is 8.97. The minimum absolute atomic E-state index is 0. The van der Waals surface area contributed by atoms with Gasteiger partial charge in [-0.15, -0.1) is 24.0 Å². The Hall–Kier alpha value is -2.29. The van der Waals surface area contributed by atoms with Crippen LogP contribution >= 0.6 is 24.0 Å². The second kappa shape index (κ2) is 10.5. The predicted octanol–water partition coefficient (Wildman–Crippen LogP) is 4.22. The fourth-order valence-electron chi connectivity index (χ4n) is 3.03. The average molecular weight is 507 g/mol. The lowest BCUT2D eigenvalue weighted by Gasteiger charge is -2.17. The summed E-state index contributed by atoms with van der Waals surface area (Å²) in [6, 6.07) is 12.4. The van der Waals surface area contributed by atoms with Gasteiger partial charge in [0.2, 0.25) is 0 Å². The third kappa shape index (κ3) is 6.09. The van der Waals surface area contributed by atoms with Crippen LogP contribution in [0, 0.1) is 13.8 Å². The highest BCUT2D eigenvalue weighted by Crippen LogP contribution is 2.21. The molecule has 0 fully saturated rings. The number of imidazole rings is 1. The van der Waals surface area contributed by atoms with Crippen molar-refractivity contribution < 1.29 is 4.74 Å². The van der Waals surface area contributed by atoms with Crippen molar-refractivity contribution in [1.29, 1.82) is 0 Å². The Morgan fingerprint density at radius 3 is 2.59 bits per heavy atom. The van der Waals surface area contributed by atoms with Crippen molar-refractivity contribution in [2.24, 2.45) is 4.99 Å². The summed E-state index contributed by atoms with van der Waals surface area (Å²) in [7, 11) is 1.77. The van der Waals surface area contributed by atoms with Gasteiger partial charge in [-0.1, -0.05) is 18.2 Å². The zero-order valence-electron chi connectivity index (χ0n) is 17.7. The van der Waals surface area contributed by atoms with E-state index in [1.54, 1.807) is 7.05 Å². The van der Waals surface area contributed by atoms with E-state index in [1.165, 1.54) is 5.56 Å². The summed E-state index contributed by atoms with van der Waals surface area (Å²) in [5.74, 6) is 1.64. The predicted molar refractivity (Wildman–Crippen MR) is 129 cm³/mol. The number of aryl methyl sites for hydroxylation is 2. The van der Waals surface area contributed by atoms with Crippen molar-refractivity contribution in [3.8, 4) is 5.75 Å². The van der Waals surface area contributed by atoms with Gasteiger partial charge in [-0.2, -0.15) is 0 Å². The number of benzene rings is 1. The standard InChI is InChI=1S/C22H29N5O.HI/c1-15(2)28-20-11-16(3)9-10-18(20)12-24-22(23-5)25-13-19-14-27-17(4)7-6-8-21(27)26-19;/h6-11,14-15H,12-13H2,1-5H3,(H2,23,24,25);1H. The van der Waals surface area contributed by atoms with Gasteiger partial charge in [0.15, 0.2) is 5.96 Å². The van der Waals surface area contributed by atoms with Crippen molar-refractivity contribution in [2.75, 3.05) is 7.05 Å². The third-order valence-electron chi connectivity index (χ3n) is 4.44. The molecule has 7 heteroatoms. The molecule has 0 unspecified atom stereocenters. The largest absolute Gasteiger partial charge is 0.491 e. The van der Waals surface area contributed by atoms with Gasteiger partial charge in [0, 0.05) is 31.0 Å². The Morgan fingerprint density at radius 2 is 1.90 bits per heavy atom. The topological polar surface area (TPSA) is 63.0 Å². The number of nitrogens with zero attached hydrogens (tertiary/aromatic N) is 3. The Kier molecular flexibility index (Phi) is 8.31. The van der Waals surface area contributed by atoms with E-state index in [1.807, 2.05) is 26.0 Å². The second-order valence-corrected chi connectivity index (χ2v) is 7.18. The maximum absolute atomic E-state index is 5.95. The first-order valence-electron chi connectivity index (χ1n) is 9.60. The molecule has 0 saturated carbocycles. The van der Waals surface area contributed by atoms with E-state index >= 15 is 0 Å². The molecule has 0 amide bonds. The Morgan fingerprint density at radius 1 is 1.14 bits per heavy atom. The first-order chi connectivity index (χ1) is 13.5. The lowest BCUT2D eigenvalue weighted by molar-refractivity contribution is 0.239. The SMILES string of the molecule is CN=C(NCc1cn2c(C)cccc2n1)NCc1ccc(C)cc1OC(C)C.I. The monoisotopic (exact) mass is 507 g/mol. The number of rotatable bonds is 6. The van der Waals surface area contributed by atoms with Crippen molar-refractivity contribution in [1.82, 2.24) is 20.0 Å². The lowest BCUT2D eigenvalue weighted by atomic mass is 10.1. The summed E-state index contributed by atoms with van der Waals surface area (Å²) < 4.78 is 8.05. The molecule has 2 N–H and O–H groups in total. The smallest absolute Gasteiger partial charge is 0.191 e. The van der Waals surface area contributed by atoms with Crippen LogP contribution in [0.4, 0.5) is 0 Å². The van der Waals surface area contributed by atoms with E-state index in [-0.39, 0.29) is 30.1 Å². The first-order valence-corrected chi connectivity index (χ1v) is 9.60. The maximum atomic E-state index is 5.95. The number of hydrogen-bond acceptors (Lipinski definition) is 3. The fourth-order valence-corrected chi connectivity index (χ4v) is 3.03. The normalized spacial score (nSPS) is 11.4. The van der Waals surface area contributed by atoms with E-state index < -0.39 is 0 Å². The third-order valence-corrected chi connectivity index (χ3v) is 4.44. The van der Waals surface area contributed by atoms with E-state index in [9.17, 15) is 0 Å². The molecule has 3 aromatic rings. The Bertz CT molecular complexity index is 980. The highest BCUT2D eigenvalue weighted by atomic mass is 127. The van der Waals surface area contributed by atoms with Gasteiger partial charge in [-0.3, -0.25) is 4.99 Å². The molecule has 0 aliphatic heterocycles. The Balaban J connectivity index is 0.00000300. The number of fused-ring (bicyclic) bond motifs is 1. The molecule has 1 aromatic carbocycles. The highest BCUT2D eigenvalue weighted by Gasteiger charge is 2.08. The zero-order chi connectivity index (χ0) is 20.1. The number of pyridine rings is 1. The van der Waals surface area contributed by atoms with Crippen molar-refractivity contribution in [3.63, 3.8) is 0 Å². The summed E-state index contributed by atoms with van der Waals surface area (Å²) in [5, 5.41) is 6.69. The number of aromatic nitrogens is 2. The number of guanidine groups is 1. The van der Waals surface area contributed by atoms with Crippen molar-refractivity contribution in [2.45, 2.75) is 46.9 Å². The van der Waals surface area contributed by atoms with Crippen molar-refractivity contribution in [3.05, 3.63) is 65.1 Å². The minimum Gasteiger partial charge on any atom is -0.491 e. The molecular formula is C22H30IN5O. The molecule has 0 radical (unpaired) electrons. The molecule has 0 saturated heterocycles. The molecule has 6 nitrogen and oxygen atoms in total. The number of halogens is 1. The number of aliphatic imine (C=N–C) groups is 1. The maximum Gasteiger partial charge on any atom is 0.191 e. The van der Waals surface area contributed by atoms with Crippen LogP contribution in [0.5, 0.6) is 5.75 Å². The van der Waals surface area contributed by atoms with Crippen LogP contribution in [0.2, 0.25) is 0 Å². The molecule has 29 heavy (non-hydrogen) atoms. The van der Waals surface area contributed by atoms with Crippen LogP contribution in [-0.4, -0.2) is 28.5 Å². The summed E-state index contributed by atoms with van der Waals surface area (Å²) >= 11 is 0. The van der Waals surface area contributed by atoms with E-state index in [0.29, 0.717) is 13.1 Å². The van der Waals surface area contributed by atoms with Gasteiger partial charge in [0.05, 0.1) is 18.3 Å².